The van der Waals surface area contributed by atoms with Crippen molar-refractivity contribution >= 4 is 12.1 Å². The third kappa shape index (κ3) is 6.74. The Bertz CT molecular complexity index is 569. The third-order valence-corrected chi connectivity index (χ3v) is 4.16. The molecule has 1 saturated heterocycles. The van der Waals surface area contributed by atoms with Crippen molar-refractivity contribution in [3.05, 3.63) is 23.8 Å². The third-order valence-electron chi connectivity index (χ3n) is 4.16. The molecule has 6 nitrogen and oxygen atoms in total. The molecule has 1 aliphatic heterocycles. The molecule has 1 aromatic rings. The largest absolute Gasteiger partial charge is 0.493 e. The maximum Gasteiger partial charge on any atom is 0.241 e. The number of hydrogen-bond acceptors (Lipinski definition) is 5. The Balaban J connectivity index is 1.79. The quantitative estimate of drug-likeness (QED) is 0.551. The number of nitrogens with one attached hydrogen (secondary N) is 1. The molecule has 0 saturated carbocycles. The Morgan fingerprint density at radius 2 is 2.08 bits per heavy atom. The lowest BCUT2D eigenvalue weighted by Crippen LogP contribution is -2.33. The van der Waals surface area contributed by atoms with Crippen molar-refractivity contribution in [3.63, 3.8) is 0 Å². The summed E-state index contributed by atoms with van der Waals surface area (Å²) >= 11 is 0. The minimum atomic E-state index is -0.0586. The standard InChI is InChI=1S/C19H29N3O3/c1-3-13-25-17-8-7-16(14-18(17)24-2)15-20-21-19(23)9-12-22-10-5-4-6-11-22/h7-8,14-15H,3-6,9-13H2,1-2H3,(H,21,23)/b20-15+. The molecule has 0 spiro atoms. The molecular formula is C19H29N3O3. The van der Waals surface area contributed by atoms with E-state index in [2.05, 4.69) is 22.4 Å². The lowest BCUT2D eigenvalue weighted by molar-refractivity contribution is -0.121. The molecule has 25 heavy (non-hydrogen) atoms. The van der Waals surface area contributed by atoms with Crippen LogP contribution in [0.25, 0.3) is 0 Å². The van der Waals surface area contributed by atoms with Crippen LogP contribution in [0.3, 0.4) is 0 Å². The summed E-state index contributed by atoms with van der Waals surface area (Å²) in [5.41, 5.74) is 3.43. The molecule has 1 aromatic carbocycles. The number of hydrazone groups is 1. The number of carbonyl (C=O) groups is 1. The second-order valence-corrected chi connectivity index (χ2v) is 6.20. The van der Waals surface area contributed by atoms with E-state index in [9.17, 15) is 4.79 Å². The number of amides is 1. The average Bonchev–Trinajstić information content (AvgIpc) is 2.66. The maximum absolute atomic E-state index is 11.9. The van der Waals surface area contributed by atoms with Crippen LogP contribution in [0.15, 0.2) is 23.3 Å². The molecule has 138 valence electrons. The van der Waals surface area contributed by atoms with Gasteiger partial charge in [-0.3, -0.25) is 4.79 Å². The predicted molar refractivity (Wildman–Crippen MR) is 99.4 cm³/mol. The molecule has 1 amide bonds. The van der Waals surface area contributed by atoms with E-state index in [4.69, 9.17) is 9.47 Å². The van der Waals surface area contributed by atoms with E-state index >= 15 is 0 Å². The lowest BCUT2D eigenvalue weighted by atomic mass is 10.1. The smallest absolute Gasteiger partial charge is 0.241 e. The fraction of sp³-hybridized carbons (Fsp3) is 0.579. The van der Waals surface area contributed by atoms with Crippen molar-refractivity contribution in [1.29, 1.82) is 0 Å². The van der Waals surface area contributed by atoms with E-state index < -0.39 is 0 Å². The van der Waals surface area contributed by atoms with Crippen LogP contribution in [0, 0.1) is 0 Å². The first kappa shape index (κ1) is 19.2. The predicted octanol–water partition coefficient (Wildman–Crippen LogP) is 2.81. The number of ether oxygens (including phenoxy) is 2. The zero-order valence-corrected chi connectivity index (χ0v) is 15.3. The summed E-state index contributed by atoms with van der Waals surface area (Å²) < 4.78 is 11.0. The second kappa shape index (κ2) is 10.7. The number of methoxy groups -OCH3 is 1. The van der Waals surface area contributed by atoms with Gasteiger partial charge in [0.15, 0.2) is 11.5 Å². The lowest BCUT2D eigenvalue weighted by Gasteiger charge is -2.25. The molecule has 1 aliphatic rings. The fourth-order valence-corrected chi connectivity index (χ4v) is 2.77. The average molecular weight is 347 g/mol. The van der Waals surface area contributed by atoms with Crippen LogP contribution >= 0.6 is 0 Å². The second-order valence-electron chi connectivity index (χ2n) is 6.20. The molecule has 1 heterocycles. The van der Waals surface area contributed by atoms with Gasteiger partial charge in [0.25, 0.3) is 0 Å². The summed E-state index contributed by atoms with van der Waals surface area (Å²) in [4.78, 5) is 14.2. The highest BCUT2D eigenvalue weighted by molar-refractivity contribution is 5.83. The number of likely N-dealkylation sites (tertiary alicyclic amines) is 1. The molecule has 0 aromatic heterocycles. The molecule has 0 atom stereocenters. The summed E-state index contributed by atoms with van der Waals surface area (Å²) in [5, 5.41) is 4.03. The van der Waals surface area contributed by atoms with E-state index in [1.54, 1.807) is 13.3 Å². The first-order valence-electron chi connectivity index (χ1n) is 9.08. The van der Waals surface area contributed by atoms with E-state index in [-0.39, 0.29) is 5.91 Å². The summed E-state index contributed by atoms with van der Waals surface area (Å²) in [6.45, 7) is 5.71. The van der Waals surface area contributed by atoms with E-state index in [0.29, 0.717) is 24.5 Å². The summed E-state index contributed by atoms with van der Waals surface area (Å²) in [5.74, 6) is 1.32. The monoisotopic (exact) mass is 347 g/mol. The highest BCUT2D eigenvalue weighted by Gasteiger charge is 2.11. The minimum absolute atomic E-state index is 0.0586. The van der Waals surface area contributed by atoms with Crippen LogP contribution < -0.4 is 14.9 Å². The van der Waals surface area contributed by atoms with Crippen molar-refractivity contribution in [2.75, 3.05) is 33.4 Å². The van der Waals surface area contributed by atoms with Gasteiger partial charge in [0, 0.05) is 13.0 Å². The van der Waals surface area contributed by atoms with Crippen molar-refractivity contribution < 1.29 is 14.3 Å². The van der Waals surface area contributed by atoms with Crippen LogP contribution in [0.4, 0.5) is 0 Å². The van der Waals surface area contributed by atoms with Gasteiger partial charge < -0.3 is 14.4 Å². The van der Waals surface area contributed by atoms with Crippen molar-refractivity contribution in [2.24, 2.45) is 5.10 Å². The van der Waals surface area contributed by atoms with Crippen molar-refractivity contribution in [3.8, 4) is 11.5 Å². The number of carbonyl (C=O) groups excluding carboxylic acids is 1. The van der Waals surface area contributed by atoms with Crippen LogP contribution in [0.1, 0.15) is 44.6 Å². The van der Waals surface area contributed by atoms with Gasteiger partial charge in [-0.25, -0.2) is 5.43 Å². The van der Waals surface area contributed by atoms with Crippen molar-refractivity contribution in [1.82, 2.24) is 10.3 Å². The van der Waals surface area contributed by atoms with Gasteiger partial charge in [-0.05, 0) is 56.1 Å². The highest BCUT2D eigenvalue weighted by Crippen LogP contribution is 2.27. The summed E-state index contributed by atoms with van der Waals surface area (Å²) in [7, 11) is 1.61. The molecular weight excluding hydrogens is 318 g/mol. The molecule has 1 N–H and O–H groups in total. The van der Waals surface area contributed by atoms with E-state index in [1.807, 2.05) is 18.2 Å². The Morgan fingerprint density at radius 1 is 1.28 bits per heavy atom. The van der Waals surface area contributed by atoms with Gasteiger partial charge >= 0.3 is 0 Å². The summed E-state index contributed by atoms with van der Waals surface area (Å²) in [6.07, 6.45) is 6.81. The van der Waals surface area contributed by atoms with E-state index in [0.717, 1.165) is 31.6 Å². The van der Waals surface area contributed by atoms with Crippen LogP contribution in [0.5, 0.6) is 11.5 Å². The molecule has 2 rings (SSSR count). The number of nitrogens with zero attached hydrogens (tertiary/aromatic N) is 2. The van der Waals surface area contributed by atoms with Crippen LogP contribution in [-0.4, -0.2) is 50.4 Å². The fourth-order valence-electron chi connectivity index (χ4n) is 2.77. The number of hydrogen-bond donors (Lipinski definition) is 1. The highest BCUT2D eigenvalue weighted by atomic mass is 16.5. The maximum atomic E-state index is 11.9. The zero-order valence-electron chi connectivity index (χ0n) is 15.3. The van der Waals surface area contributed by atoms with Gasteiger partial charge in [0.05, 0.1) is 19.9 Å². The van der Waals surface area contributed by atoms with Crippen LogP contribution in [-0.2, 0) is 4.79 Å². The molecule has 0 unspecified atom stereocenters. The zero-order chi connectivity index (χ0) is 17.9. The van der Waals surface area contributed by atoms with Crippen LogP contribution in [0.2, 0.25) is 0 Å². The van der Waals surface area contributed by atoms with Gasteiger partial charge in [0.1, 0.15) is 0 Å². The van der Waals surface area contributed by atoms with Gasteiger partial charge in [-0.1, -0.05) is 13.3 Å². The Hall–Kier alpha value is -2.08. The van der Waals surface area contributed by atoms with Gasteiger partial charge in [-0.2, -0.15) is 5.10 Å². The summed E-state index contributed by atoms with van der Waals surface area (Å²) in [6, 6.07) is 5.58. The van der Waals surface area contributed by atoms with Gasteiger partial charge in [-0.15, -0.1) is 0 Å². The normalized spacial score (nSPS) is 15.3. The first-order chi connectivity index (χ1) is 12.2. The number of piperidine rings is 1. The SMILES string of the molecule is CCCOc1ccc(/C=N/NC(=O)CCN2CCCCC2)cc1OC. The molecule has 0 aliphatic carbocycles. The minimum Gasteiger partial charge on any atom is -0.493 e. The molecule has 0 bridgehead atoms. The molecule has 1 fully saturated rings. The Labute approximate surface area is 150 Å². The van der Waals surface area contributed by atoms with E-state index in [1.165, 1.54) is 19.3 Å². The molecule has 0 radical (unpaired) electrons. The topological polar surface area (TPSA) is 63.2 Å². The first-order valence-corrected chi connectivity index (χ1v) is 9.08. The molecule has 6 heteroatoms. The Morgan fingerprint density at radius 3 is 2.80 bits per heavy atom. The van der Waals surface area contributed by atoms with Gasteiger partial charge in [0.2, 0.25) is 5.91 Å². The number of benzene rings is 1. The Kier molecular flexibility index (Phi) is 8.25. The van der Waals surface area contributed by atoms with Crippen molar-refractivity contribution in [2.45, 2.75) is 39.0 Å². The number of rotatable bonds is 9.